The van der Waals surface area contributed by atoms with Crippen molar-refractivity contribution >= 4 is 15.8 Å². The van der Waals surface area contributed by atoms with E-state index in [1.165, 1.54) is 25.6 Å². The van der Waals surface area contributed by atoms with E-state index in [-0.39, 0.29) is 23.7 Å². The van der Waals surface area contributed by atoms with Gasteiger partial charge in [-0.1, -0.05) is 0 Å². The molecule has 9 nitrogen and oxygen atoms in total. The van der Waals surface area contributed by atoms with Crippen LogP contribution in [0.2, 0.25) is 0 Å². The van der Waals surface area contributed by atoms with Gasteiger partial charge in [-0.2, -0.15) is 5.10 Å². The Kier molecular flexibility index (Phi) is 6.09. The lowest BCUT2D eigenvalue weighted by Crippen LogP contribution is -2.29. The van der Waals surface area contributed by atoms with Gasteiger partial charge < -0.3 is 10.1 Å². The minimum absolute atomic E-state index is 0.0206. The van der Waals surface area contributed by atoms with Gasteiger partial charge in [-0.15, -0.1) is 0 Å². The molecule has 2 aromatic heterocycles. The highest BCUT2D eigenvalue weighted by Gasteiger charge is 2.16. The molecule has 2 heterocycles. The Labute approximate surface area is 168 Å². The van der Waals surface area contributed by atoms with E-state index in [9.17, 15) is 12.8 Å². The van der Waals surface area contributed by atoms with E-state index in [0.717, 1.165) is 17.5 Å². The van der Waals surface area contributed by atoms with Crippen LogP contribution in [0.1, 0.15) is 11.4 Å². The van der Waals surface area contributed by atoms with E-state index in [1.54, 1.807) is 10.7 Å². The number of hydrogen-bond acceptors (Lipinski definition) is 7. The fraction of sp³-hybridized carbons (Fsp3) is 0.278. The quantitative estimate of drug-likeness (QED) is 0.535. The Morgan fingerprint density at radius 3 is 2.59 bits per heavy atom. The first kappa shape index (κ1) is 20.7. The van der Waals surface area contributed by atoms with E-state index in [4.69, 9.17) is 4.74 Å². The van der Waals surface area contributed by atoms with Crippen molar-refractivity contribution in [3.8, 4) is 11.6 Å². The van der Waals surface area contributed by atoms with Gasteiger partial charge in [0.05, 0.1) is 17.7 Å². The van der Waals surface area contributed by atoms with Crippen molar-refractivity contribution in [1.29, 1.82) is 0 Å². The molecule has 0 saturated carbocycles. The number of benzene rings is 1. The molecule has 0 aliphatic carbocycles. The number of methoxy groups -OCH3 is 1. The van der Waals surface area contributed by atoms with E-state index in [2.05, 4.69) is 25.1 Å². The van der Waals surface area contributed by atoms with E-state index in [0.29, 0.717) is 11.6 Å². The van der Waals surface area contributed by atoms with Crippen LogP contribution < -0.4 is 14.8 Å². The Morgan fingerprint density at radius 1 is 1.14 bits per heavy atom. The van der Waals surface area contributed by atoms with Gasteiger partial charge in [-0.25, -0.2) is 32.2 Å². The smallest absolute Gasteiger partial charge is 0.240 e. The third-order valence-electron chi connectivity index (χ3n) is 4.04. The van der Waals surface area contributed by atoms with Crippen LogP contribution in [0.3, 0.4) is 0 Å². The summed E-state index contributed by atoms with van der Waals surface area (Å²) in [7, 11) is -2.54. The summed E-state index contributed by atoms with van der Waals surface area (Å²) in [6, 6.07) is 7.12. The van der Waals surface area contributed by atoms with Gasteiger partial charge in [0.15, 0.2) is 17.4 Å². The van der Waals surface area contributed by atoms with Crippen LogP contribution in [-0.2, 0) is 10.0 Å². The van der Waals surface area contributed by atoms with Crippen LogP contribution in [0.5, 0.6) is 5.75 Å². The zero-order valence-electron chi connectivity index (χ0n) is 16.2. The average molecular weight is 420 g/mol. The van der Waals surface area contributed by atoms with E-state index >= 15 is 0 Å². The number of nitrogens with one attached hydrogen (secondary N) is 2. The van der Waals surface area contributed by atoms with Gasteiger partial charge >= 0.3 is 0 Å². The third-order valence-corrected chi connectivity index (χ3v) is 5.49. The predicted molar refractivity (Wildman–Crippen MR) is 105 cm³/mol. The largest absolute Gasteiger partial charge is 0.494 e. The molecule has 0 aliphatic rings. The molecule has 0 unspecified atom stereocenters. The molecule has 3 aromatic rings. The summed E-state index contributed by atoms with van der Waals surface area (Å²) in [5.41, 5.74) is 1.81. The topological polar surface area (TPSA) is 111 Å². The van der Waals surface area contributed by atoms with Gasteiger partial charge in [-0.05, 0) is 38.1 Å². The molecule has 0 fully saturated rings. The summed E-state index contributed by atoms with van der Waals surface area (Å²) < 4.78 is 47.2. The molecular weight excluding hydrogens is 399 g/mol. The first-order valence-corrected chi connectivity index (χ1v) is 10.2. The standard InChI is InChI=1S/C18H21FN6O3S/c1-12-8-13(2)25(24-12)18-10-17(21-11-22-18)20-6-7-23-29(26,27)14-4-5-16(28-3)15(19)9-14/h4-5,8-11,23H,6-7H2,1-3H3,(H,20,21,22). The van der Waals surface area contributed by atoms with Crippen molar-refractivity contribution in [3.05, 3.63) is 53.9 Å². The van der Waals surface area contributed by atoms with Crippen molar-refractivity contribution in [2.24, 2.45) is 0 Å². The van der Waals surface area contributed by atoms with E-state index < -0.39 is 15.8 Å². The minimum Gasteiger partial charge on any atom is -0.494 e. The lowest BCUT2D eigenvalue weighted by Gasteiger charge is -2.10. The molecule has 154 valence electrons. The minimum atomic E-state index is -3.85. The van der Waals surface area contributed by atoms with Gasteiger partial charge in [-0.3, -0.25) is 0 Å². The molecule has 0 aliphatic heterocycles. The molecule has 11 heteroatoms. The van der Waals surface area contributed by atoms with Crippen molar-refractivity contribution < 1.29 is 17.5 Å². The number of rotatable bonds is 8. The molecule has 1 aromatic carbocycles. The summed E-state index contributed by atoms with van der Waals surface area (Å²) >= 11 is 0. The molecule has 0 saturated heterocycles. The monoisotopic (exact) mass is 420 g/mol. The number of nitrogens with zero attached hydrogens (tertiary/aromatic N) is 4. The van der Waals surface area contributed by atoms with Crippen molar-refractivity contribution in [2.45, 2.75) is 18.7 Å². The van der Waals surface area contributed by atoms with Gasteiger partial charge in [0, 0.05) is 24.8 Å². The summed E-state index contributed by atoms with van der Waals surface area (Å²) in [5.74, 6) is 0.360. The number of anilines is 1. The number of sulfonamides is 1. The molecule has 0 radical (unpaired) electrons. The zero-order valence-corrected chi connectivity index (χ0v) is 17.0. The highest BCUT2D eigenvalue weighted by atomic mass is 32.2. The van der Waals surface area contributed by atoms with Gasteiger partial charge in [0.1, 0.15) is 12.1 Å². The second-order valence-corrected chi connectivity index (χ2v) is 7.99. The van der Waals surface area contributed by atoms with Crippen LogP contribution in [0.4, 0.5) is 10.2 Å². The summed E-state index contributed by atoms with van der Waals surface area (Å²) in [5, 5.41) is 7.39. The predicted octanol–water partition coefficient (Wildman–Crippen LogP) is 1.82. The second kappa shape index (κ2) is 8.53. The van der Waals surface area contributed by atoms with Gasteiger partial charge in [0.2, 0.25) is 10.0 Å². The highest BCUT2D eigenvalue weighted by Crippen LogP contribution is 2.20. The van der Waals surface area contributed by atoms with E-state index in [1.807, 2.05) is 19.9 Å². The fourth-order valence-electron chi connectivity index (χ4n) is 2.69. The molecule has 0 spiro atoms. The van der Waals surface area contributed by atoms with Crippen LogP contribution in [0.25, 0.3) is 5.82 Å². The lowest BCUT2D eigenvalue weighted by atomic mass is 10.3. The maximum atomic E-state index is 13.7. The molecule has 2 N–H and O–H groups in total. The van der Waals surface area contributed by atoms with Crippen LogP contribution in [-0.4, -0.2) is 48.4 Å². The van der Waals surface area contributed by atoms with Crippen LogP contribution in [0.15, 0.2) is 41.6 Å². The highest BCUT2D eigenvalue weighted by molar-refractivity contribution is 7.89. The maximum absolute atomic E-state index is 13.7. The Bertz CT molecular complexity index is 1120. The molecule has 0 atom stereocenters. The summed E-state index contributed by atoms with van der Waals surface area (Å²) in [6.07, 6.45) is 1.40. The average Bonchev–Trinajstić information content (AvgIpc) is 3.03. The first-order chi connectivity index (χ1) is 13.8. The van der Waals surface area contributed by atoms with Crippen LogP contribution >= 0.6 is 0 Å². The Balaban J connectivity index is 1.60. The van der Waals surface area contributed by atoms with Crippen LogP contribution in [0, 0.1) is 19.7 Å². The normalized spacial score (nSPS) is 11.4. The Hall–Kier alpha value is -3.05. The number of aryl methyl sites for hydroxylation is 2. The zero-order chi connectivity index (χ0) is 21.0. The first-order valence-electron chi connectivity index (χ1n) is 8.73. The van der Waals surface area contributed by atoms with Crippen molar-refractivity contribution in [1.82, 2.24) is 24.5 Å². The summed E-state index contributed by atoms with van der Waals surface area (Å²) in [4.78, 5) is 8.15. The maximum Gasteiger partial charge on any atom is 0.240 e. The lowest BCUT2D eigenvalue weighted by molar-refractivity contribution is 0.385. The molecular formula is C18H21FN6O3S. The second-order valence-electron chi connectivity index (χ2n) is 6.22. The van der Waals surface area contributed by atoms with Crippen molar-refractivity contribution in [3.63, 3.8) is 0 Å². The number of aromatic nitrogens is 4. The molecule has 3 rings (SSSR count). The van der Waals surface area contributed by atoms with Crippen molar-refractivity contribution in [2.75, 3.05) is 25.5 Å². The number of hydrogen-bond donors (Lipinski definition) is 2. The van der Waals surface area contributed by atoms with Gasteiger partial charge in [0.25, 0.3) is 0 Å². The molecule has 29 heavy (non-hydrogen) atoms. The summed E-state index contributed by atoms with van der Waals surface area (Å²) in [6.45, 7) is 4.16. The number of ether oxygens (including phenoxy) is 1. The number of halogens is 1. The molecule has 0 bridgehead atoms. The third kappa shape index (κ3) is 4.87. The fourth-order valence-corrected chi connectivity index (χ4v) is 3.74. The molecule has 0 amide bonds. The SMILES string of the molecule is COc1ccc(S(=O)(=O)NCCNc2cc(-n3nc(C)cc3C)ncn2)cc1F. The Morgan fingerprint density at radius 2 is 1.93 bits per heavy atom.